The fraction of sp³-hybridized carbons (Fsp3) is 0.476. The number of piperidine rings is 1. The van der Waals surface area contributed by atoms with Crippen LogP contribution in [0.2, 0.25) is 0 Å². The Balaban J connectivity index is 1.51. The van der Waals surface area contributed by atoms with E-state index in [0.29, 0.717) is 24.9 Å². The molecule has 0 bridgehead atoms. The number of pyridine rings is 1. The Bertz CT molecular complexity index is 1040. The molecule has 1 spiro atoms. The molecule has 2 saturated heterocycles. The van der Waals surface area contributed by atoms with Crippen LogP contribution < -0.4 is 5.43 Å². The molecular weight excluding hydrogens is 342 g/mol. The monoisotopic (exact) mass is 365 g/mol. The number of benzene rings is 1. The predicted octanol–water partition coefficient (Wildman–Crippen LogP) is 1.64. The lowest BCUT2D eigenvalue weighted by atomic mass is 9.78. The molecule has 1 aromatic carbocycles. The lowest BCUT2D eigenvalue weighted by molar-refractivity contribution is -0.143. The van der Waals surface area contributed by atoms with Gasteiger partial charge in [-0.25, -0.2) is 0 Å². The molecule has 1 atom stereocenters. The Kier molecular flexibility index (Phi) is 3.48. The van der Waals surface area contributed by atoms with Crippen LogP contribution in [-0.2, 0) is 17.8 Å². The third kappa shape index (κ3) is 2.28. The van der Waals surface area contributed by atoms with Crippen LogP contribution in [0.25, 0.3) is 10.9 Å². The van der Waals surface area contributed by atoms with Crippen LogP contribution in [0, 0.1) is 5.41 Å². The standard InChI is InChI=1S/C21H23N3O3/c1-22-9-3-7-21(20(22)27)8-11-24(13-21)19(26)16-12-23-10-6-14-4-2-5-15(17(14)23)18(16)25/h2,4-5,12H,3,6-11,13H2,1H3/t21-/m0/s1. The highest BCUT2D eigenvalue weighted by Crippen LogP contribution is 2.40. The number of para-hydroxylation sites is 1. The SMILES string of the molecule is CN1CCC[C@@]2(CCN(C(=O)c3cn4c5c(cccc5c3=O)CC4)C2)C1=O. The Morgan fingerprint density at radius 3 is 2.81 bits per heavy atom. The van der Waals surface area contributed by atoms with Crippen LogP contribution in [0.15, 0.2) is 29.2 Å². The first-order valence-electron chi connectivity index (χ1n) is 9.70. The molecule has 0 radical (unpaired) electrons. The molecule has 3 aliphatic heterocycles. The van der Waals surface area contributed by atoms with Crippen molar-refractivity contribution in [3.8, 4) is 0 Å². The Morgan fingerprint density at radius 2 is 1.96 bits per heavy atom. The van der Waals surface area contributed by atoms with E-state index in [1.54, 1.807) is 16.0 Å². The van der Waals surface area contributed by atoms with Gasteiger partial charge in [0, 0.05) is 44.8 Å². The number of amides is 2. The third-order valence-electron chi connectivity index (χ3n) is 6.62. The second kappa shape index (κ2) is 5.68. The van der Waals surface area contributed by atoms with E-state index >= 15 is 0 Å². The van der Waals surface area contributed by atoms with Crippen molar-refractivity contribution >= 4 is 22.7 Å². The van der Waals surface area contributed by atoms with Gasteiger partial charge in [-0.2, -0.15) is 0 Å². The minimum Gasteiger partial charge on any atom is -0.346 e. The number of hydrogen-bond acceptors (Lipinski definition) is 3. The van der Waals surface area contributed by atoms with E-state index in [-0.39, 0.29) is 22.8 Å². The van der Waals surface area contributed by atoms with Gasteiger partial charge in [0.1, 0.15) is 5.56 Å². The lowest BCUT2D eigenvalue weighted by Gasteiger charge is -2.37. The zero-order chi connectivity index (χ0) is 18.8. The summed E-state index contributed by atoms with van der Waals surface area (Å²) in [7, 11) is 1.84. The average molecular weight is 365 g/mol. The molecule has 0 aliphatic carbocycles. The van der Waals surface area contributed by atoms with Gasteiger partial charge in [-0.05, 0) is 37.3 Å². The molecule has 2 fully saturated rings. The number of nitrogens with zero attached hydrogens (tertiary/aromatic N) is 3. The van der Waals surface area contributed by atoms with Gasteiger partial charge in [0.05, 0.1) is 10.9 Å². The minimum atomic E-state index is -0.459. The molecule has 2 aromatic rings. The number of hydrogen-bond donors (Lipinski definition) is 0. The normalized spacial score (nSPS) is 24.4. The van der Waals surface area contributed by atoms with E-state index in [9.17, 15) is 14.4 Å². The topological polar surface area (TPSA) is 62.6 Å². The fourth-order valence-corrected chi connectivity index (χ4v) is 5.17. The zero-order valence-corrected chi connectivity index (χ0v) is 15.5. The fourth-order valence-electron chi connectivity index (χ4n) is 5.17. The summed E-state index contributed by atoms with van der Waals surface area (Å²) in [6, 6.07) is 5.75. The highest BCUT2D eigenvalue weighted by Gasteiger charge is 2.48. The van der Waals surface area contributed by atoms with E-state index in [0.717, 1.165) is 37.9 Å². The van der Waals surface area contributed by atoms with Gasteiger partial charge >= 0.3 is 0 Å². The van der Waals surface area contributed by atoms with Crippen LogP contribution >= 0.6 is 0 Å². The molecule has 5 rings (SSSR count). The van der Waals surface area contributed by atoms with Crippen molar-refractivity contribution in [2.24, 2.45) is 5.41 Å². The van der Waals surface area contributed by atoms with Gasteiger partial charge in [0.25, 0.3) is 5.91 Å². The van der Waals surface area contributed by atoms with E-state index in [2.05, 4.69) is 0 Å². The van der Waals surface area contributed by atoms with Crippen LogP contribution in [0.4, 0.5) is 0 Å². The molecule has 0 N–H and O–H groups in total. The molecule has 1 aromatic heterocycles. The smallest absolute Gasteiger partial charge is 0.259 e. The lowest BCUT2D eigenvalue weighted by Crippen LogP contribution is -2.48. The molecule has 140 valence electrons. The van der Waals surface area contributed by atoms with E-state index < -0.39 is 5.41 Å². The summed E-state index contributed by atoms with van der Waals surface area (Å²) in [4.78, 5) is 42.4. The van der Waals surface area contributed by atoms with Gasteiger partial charge in [-0.1, -0.05) is 12.1 Å². The maximum atomic E-state index is 13.2. The molecule has 4 heterocycles. The molecule has 6 nitrogen and oxygen atoms in total. The number of rotatable bonds is 1. The Labute approximate surface area is 157 Å². The van der Waals surface area contributed by atoms with Gasteiger partial charge in [-0.15, -0.1) is 0 Å². The Hall–Kier alpha value is -2.63. The minimum absolute atomic E-state index is 0.141. The quantitative estimate of drug-likeness (QED) is 0.772. The molecular formula is C21H23N3O3. The zero-order valence-electron chi connectivity index (χ0n) is 15.5. The first-order chi connectivity index (χ1) is 13.0. The summed E-state index contributed by atoms with van der Waals surface area (Å²) in [5.74, 6) is -0.0941. The van der Waals surface area contributed by atoms with Gasteiger partial charge < -0.3 is 14.4 Å². The highest BCUT2D eigenvalue weighted by atomic mass is 16.2. The van der Waals surface area contributed by atoms with Crippen molar-refractivity contribution in [3.63, 3.8) is 0 Å². The summed E-state index contributed by atoms with van der Waals surface area (Å²) in [5, 5.41) is 0.623. The molecule has 3 aliphatic rings. The number of aromatic nitrogens is 1. The molecule has 0 unspecified atom stereocenters. The summed E-state index contributed by atoms with van der Waals surface area (Å²) in [5.41, 5.74) is 1.71. The van der Waals surface area contributed by atoms with Crippen LogP contribution in [0.3, 0.4) is 0 Å². The van der Waals surface area contributed by atoms with Crippen molar-refractivity contribution in [1.82, 2.24) is 14.4 Å². The number of carbonyl (C=O) groups is 2. The van der Waals surface area contributed by atoms with E-state index in [1.165, 1.54) is 5.56 Å². The van der Waals surface area contributed by atoms with Gasteiger partial charge in [0.2, 0.25) is 11.3 Å². The largest absolute Gasteiger partial charge is 0.346 e. The van der Waals surface area contributed by atoms with Crippen LogP contribution in [0.1, 0.15) is 35.2 Å². The maximum Gasteiger partial charge on any atom is 0.259 e. The second-order valence-electron chi connectivity index (χ2n) is 8.22. The molecule has 27 heavy (non-hydrogen) atoms. The Morgan fingerprint density at radius 1 is 1.11 bits per heavy atom. The molecule has 0 saturated carbocycles. The van der Waals surface area contributed by atoms with Gasteiger partial charge in [0.15, 0.2) is 0 Å². The molecule has 6 heteroatoms. The van der Waals surface area contributed by atoms with E-state index in [1.807, 2.05) is 29.8 Å². The van der Waals surface area contributed by atoms with Crippen LogP contribution in [0.5, 0.6) is 0 Å². The number of likely N-dealkylation sites (tertiary alicyclic amines) is 2. The van der Waals surface area contributed by atoms with E-state index in [4.69, 9.17) is 0 Å². The van der Waals surface area contributed by atoms with Crippen molar-refractivity contribution < 1.29 is 9.59 Å². The highest BCUT2D eigenvalue weighted by molar-refractivity contribution is 5.99. The first-order valence-corrected chi connectivity index (χ1v) is 9.70. The summed E-state index contributed by atoms with van der Waals surface area (Å²) in [6.07, 6.45) is 5.10. The maximum absolute atomic E-state index is 13.2. The first kappa shape index (κ1) is 16.5. The summed E-state index contributed by atoms with van der Waals surface area (Å²) < 4.78 is 2.03. The predicted molar refractivity (Wildman–Crippen MR) is 102 cm³/mol. The summed E-state index contributed by atoms with van der Waals surface area (Å²) in [6.45, 7) is 2.54. The summed E-state index contributed by atoms with van der Waals surface area (Å²) >= 11 is 0. The average Bonchev–Trinajstić information content (AvgIpc) is 3.28. The van der Waals surface area contributed by atoms with Crippen molar-refractivity contribution in [1.29, 1.82) is 0 Å². The van der Waals surface area contributed by atoms with Crippen molar-refractivity contribution in [3.05, 3.63) is 45.7 Å². The van der Waals surface area contributed by atoms with Crippen molar-refractivity contribution in [2.75, 3.05) is 26.7 Å². The third-order valence-corrected chi connectivity index (χ3v) is 6.62. The van der Waals surface area contributed by atoms with Gasteiger partial charge in [-0.3, -0.25) is 14.4 Å². The second-order valence-corrected chi connectivity index (χ2v) is 8.22. The number of carbonyl (C=O) groups excluding carboxylic acids is 2. The van der Waals surface area contributed by atoms with Crippen LogP contribution in [-0.4, -0.2) is 52.9 Å². The van der Waals surface area contributed by atoms with Crippen molar-refractivity contribution in [2.45, 2.75) is 32.2 Å². The number of aryl methyl sites for hydroxylation is 2. The molecule has 2 amide bonds.